The fraction of sp³-hybridized carbons (Fsp3) is 0.727. The van der Waals surface area contributed by atoms with Gasteiger partial charge in [-0.05, 0) is 33.6 Å². The molecule has 0 saturated heterocycles. The first-order chi connectivity index (χ1) is 6.57. The van der Waals surface area contributed by atoms with Crippen LogP contribution in [-0.2, 0) is 6.42 Å². The van der Waals surface area contributed by atoms with E-state index >= 15 is 0 Å². The molecule has 14 heavy (non-hydrogen) atoms. The van der Waals surface area contributed by atoms with Crippen molar-refractivity contribution in [1.29, 1.82) is 0 Å². The maximum absolute atomic E-state index is 9.81. The van der Waals surface area contributed by atoms with E-state index in [0.29, 0.717) is 11.8 Å². The molecule has 0 bridgehead atoms. The minimum atomic E-state index is 0.316. The second kappa shape index (κ2) is 4.49. The summed E-state index contributed by atoms with van der Waals surface area (Å²) in [6, 6.07) is 0.316. The van der Waals surface area contributed by atoms with Crippen molar-refractivity contribution in [2.45, 2.75) is 53.0 Å². The van der Waals surface area contributed by atoms with Crippen molar-refractivity contribution in [3.8, 4) is 5.75 Å². The second-order valence-electron chi connectivity index (χ2n) is 4.02. The SMILES string of the molecule is CCCCc1nn(C(C)C)c(C)c1O. The monoisotopic (exact) mass is 196 g/mol. The molecule has 0 aliphatic heterocycles. The van der Waals surface area contributed by atoms with E-state index in [4.69, 9.17) is 0 Å². The predicted molar refractivity (Wildman–Crippen MR) is 57.6 cm³/mol. The van der Waals surface area contributed by atoms with E-state index in [1.54, 1.807) is 0 Å². The van der Waals surface area contributed by atoms with Crippen molar-refractivity contribution in [3.63, 3.8) is 0 Å². The number of unbranched alkanes of at least 4 members (excludes halogenated alkanes) is 1. The van der Waals surface area contributed by atoms with Crippen LogP contribution in [0.1, 0.15) is 51.0 Å². The summed E-state index contributed by atoms with van der Waals surface area (Å²) in [6.07, 6.45) is 3.10. The molecule has 80 valence electrons. The number of rotatable bonds is 4. The molecule has 0 aliphatic rings. The van der Waals surface area contributed by atoms with E-state index < -0.39 is 0 Å². The first kappa shape index (κ1) is 11.1. The number of aromatic hydroxyl groups is 1. The molecule has 1 heterocycles. The van der Waals surface area contributed by atoms with Gasteiger partial charge in [0.25, 0.3) is 0 Å². The van der Waals surface area contributed by atoms with Crippen LogP contribution >= 0.6 is 0 Å². The Kier molecular flexibility index (Phi) is 3.55. The third kappa shape index (κ3) is 2.08. The topological polar surface area (TPSA) is 38.0 Å². The van der Waals surface area contributed by atoms with Gasteiger partial charge in [0.1, 0.15) is 5.69 Å². The predicted octanol–water partition coefficient (Wildman–Crippen LogP) is 2.82. The van der Waals surface area contributed by atoms with Gasteiger partial charge in [-0.15, -0.1) is 0 Å². The van der Waals surface area contributed by atoms with E-state index in [1.807, 2.05) is 11.6 Å². The largest absolute Gasteiger partial charge is 0.504 e. The molecule has 1 aromatic heterocycles. The Morgan fingerprint density at radius 2 is 2.07 bits per heavy atom. The van der Waals surface area contributed by atoms with E-state index in [1.165, 1.54) is 0 Å². The maximum Gasteiger partial charge on any atom is 0.159 e. The van der Waals surface area contributed by atoms with Crippen LogP contribution in [0, 0.1) is 6.92 Å². The highest BCUT2D eigenvalue weighted by atomic mass is 16.3. The minimum Gasteiger partial charge on any atom is -0.504 e. The van der Waals surface area contributed by atoms with Crippen LogP contribution in [0.15, 0.2) is 0 Å². The number of hydrogen-bond acceptors (Lipinski definition) is 2. The molecule has 0 aromatic carbocycles. The van der Waals surface area contributed by atoms with Gasteiger partial charge < -0.3 is 5.11 Å². The Hall–Kier alpha value is -0.990. The normalized spacial score (nSPS) is 11.2. The van der Waals surface area contributed by atoms with E-state index in [2.05, 4.69) is 25.9 Å². The fourth-order valence-electron chi connectivity index (χ4n) is 1.59. The molecule has 0 unspecified atom stereocenters. The molecule has 3 nitrogen and oxygen atoms in total. The van der Waals surface area contributed by atoms with Gasteiger partial charge in [-0.25, -0.2) is 0 Å². The fourth-order valence-corrected chi connectivity index (χ4v) is 1.59. The molecule has 0 amide bonds. The summed E-state index contributed by atoms with van der Waals surface area (Å²) in [5, 5.41) is 14.2. The zero-order valence-electron chi connectivity index (χ0n) is 9.54. The van der Waals surface area contributed by atoms with E-state index in [0.717, 1.165) is 30.7 Å². The minimum absolute atomic E-state index is 0.316. The molecule has 3 heteroatoms. The van der Waals surface area contributed by atoms with Crippen molar-refractivity contribution in [2.75, 3.05) is 0 Å². The lowest BCUT2D eigenvalue weighted by Gasteiger charge is -2.06. The average molecular weight is 196 g/mol. The molecule has 0 atom stereocenters. The highest BCUT2D eigenvalue weighted by Gasteiger charge is 2.14. The highest BCUT2D eigenvalue weighted by Crippen LogP contribution is 2.25. The van der Waals surface area contributed by atoms with Crippen molar-refractivity contribution in [3.05, 3.63) is 11.4 Å². The van der Waals surface area contributed by atoms with Crippen LogP contribution < -0.4 is 0 Å². The number of hydrogen-bond donors (Lipinski definition) is 1. The van der Waals surface area contributed by atoms with Crippen molar-refractivity contribution >= 4 is 0 Å². The molecule has 0 fully saturated rings. The summed E-state index contributed by atoms with van der Waals surface area (Å²) in [7, 11) is 0. The number of aryl methyl sites for hydroxylation is 1. The molecule has 0 saturated carbocycles. The Morgan fingerprint density at radius 1 is 1.43 bits per heavy atom. The quantitative estimate of drug-likeness (QED) is 0.804. The van der Waals surface area contributed by atoms with Gasteiger partial charge in [0.05, 0.1) is 5.69 Å². The van der Waals surface area contributed by atoms with Gasteiger partial charge in [0, 0.05) is 6.04 Å². The molecular formula is C11H20N2O. The van der Waals surface area contributed by atoms with Gasteiger partial charge >= 0.3 is 0 Å². The Bertz CT molecular complexity index is 302. The third-order valence-electron chi connectivity index (χ3n) is 2.44. The molecular weight excluding hydrogens is 176 g/mol. The smallest absolute Gasteiger partial charge is 0.159 e. The van der Waals surface area contributed by atoms with Gasteiger partial charge in [0.15, 0.2) is 5.75 Å². The van der Waals surface area contributed by atoms with Crippen LogP contribution in [-0.4, -0.2) is 14.9 Å². The molecule has 0 spiro atoms. The maximum atomic E-state index is 9.81. The van der Waals surface area contributed by atoms with Gasteiger partial charge in [-0.2, -0.15) is 5.10 Å². The Morgan fingerprint density at radius 3 is 2.50 bits per heavy atom. The van der Waals surface area contributed by atoms with Crippen molar-refractivity contribution in [2.24, 2.45) is 0 Å². The Labute approximate surface area is 85.8 Å². The zero-order chi connectivity index (χ0) is 10.7. The lowest BCUT2D eigenvalue weighted by Crippen LogP contribution is -2.05. The van der Waals surface area contributed by atoms with Crippen molar-refractivity contribution < 1.29 is 5.11 Å². The third-order valence-corrected chi connectivity index (χ3v) is 2.44. The summed E-state index contributed by atoms with van der Waals surface area (Å²) in [5.74, 6) is 0.382. The second-order valence-corrected chi connectivity index (χ2v) is 4.02. The van der Waals surface area contributed by atoms with Crippen LogP contribution in [0.25, 0.3) is 0 Å². The summed E-state index contributed by atoms with van der Waals surface area (Å²) >= 11 is 0. The van der Waals surface area contributed by atoms with Gasteiger partial charge in [-0.1, -0.05) is 13.3 Å². The molecule has 1 aromatic rings. The highest BCUT2D eigenvalue weighted by molar-refractivity contribution is 5.31. The first-order valence-corrected chi connectivity index (χ1v) is 5.34. The number of nitrogens with zero attached hydrogens (tertiary/aromatic N) is 2. The first-order valence-electron chi connectivity index (χ1n) is 5.34. The van der Waals surface area contributed by atoms with Gasteiger partial charge in [0.2, 0.25) is 0 Å². The lowest BCUT2D eigenvalue weighted by molar-refractivity contribution is 0.457. The number of aromatic nitrogens is 2. The van der Waals surface area contributed by atoms with Gasteiger partial charge in [-0.3, -0.25) is 4.68 Å². The summed E-state index contributed by atoms with van der Waals surface area (Å²) in [5.41, 5.74) is 1.73. The lowest BCUT2D eigenvalue weighted by atomic mass is 10.2. The van der Waals surface area contributed by atoms with Crippen LogP contribution in [0.2, 0.25) is 0 Å². The van der Waals surface area contributed by atoms with E-state index in [9.17, 15) is 5.11 Å². The van der Waals surface area contributed by atoms with Crippen LogP contribution in [0.4, 0.5) is 0 Å². The zero-order valence-corrected chi connectivity index (χ0v) is 9.54. The Balaban J connectivity index is 2.91. The summed E-state index contributed by atoms with van der Waals surface area (Å²) < 4.78 is 1.89. The molecule has 1 rings (SSSR count). The standard InChI is InChI=1S/C11H20N2O/c1-5-6-7-10-11(14)9(4)13(12-10)8(2)3/h8,14H,5-7H2,1-4H3. The molecule has 1 N–H and O–H groups in total. The van der Waals surface area contributed by atoms with E-state index in [-0.39, 0.29) is 0 Å². The average Bonchev–Trinajstić information content (AvgIpc) is 2.42. The molecule has 0 aliphatic carbocycles. The van der Waals surface area contributed by atoms with Crippen LogP contribution in [0.3, 0.4) is 0 Å². The summed E-state index contributed by atoms with van der Waals surface area (Å²) in [6.45, 7) is 8.20. The van der Waals surface area contributed by atoms with Crippen molar-refractivity contribution in [1.82, 2.24) is 9.78 Å². The molecule has 0 radical (unpaired) electrons. The summed E-state index contributed by atoms with van der Waals surface area (Å²) in [4.78, 5) is 0. The van der Waals surface area contributed by atoms with Crippen LogP contribution in [0.5, 0.6) is 5.75 Å².